The lowest BCUT2D eigenvalue weighted by molar-refractivity contribution is 0.0697. The minimum atomic E-state index is -1.04. The smallest absolute Gasteiger partial charge is 0.335 e. The summed E-state index contributed by atoms with van der Waals surface area (Å²) < 4.78 is 0. The number of benzene rings is 1. The molecule has 94 valence electrons. The van der Waals surface area contributed by atoms with Gasteiger partial charge in [0.05, 0.1) is 12.1 Å². The van der Waals surface area contributed by atoms with Gasteiger partial charge in [0.2, 0.25) is 0 Å². The third kappa shape index (κ3) is 3.25. The first kappa shape index (κ1) is 13.6. The number of hydrogen-bond acceptors (Lipinski definition) is 2. The Balaban J connectivity index is 2.90. The quantitative estimate of drug-likeness (QED) is 0.799. The maximum absolute atomic E-state index is 11.7. The zero-order chi connectivity index (χ0) is 13.7. The van der Waals surface area contributed by atoms with Crippen molar-refractivity contribution in [1.82, 2.24) is 4.90 Å². The van der Waals surface area contributed by atoms with Crippen molar-refractivity contribution in [3.05, 3.63) is 29.3 Å². The molecule has 0 fully saturated rings. The van der Waals surface area contributed by atoms with Gasteiger partial charge in [-0.3, -0.25) is 0 Å². The average Bonchev–Trinajstić information content (AvgIpc) is 2.31. The van der Waals surface area contributed by atoms with Crippen LogP contribution in [0.5, 0.6) is 0 Å². The number of carboxylic acids is 1. The molecule has 1 aromatic rings. The van der Waals surface area contributed by atoms with Crippen LogP contribution in [0.4, 0.5) is 10.5 Å². The van der Waals surface area contributed by atoms with Crippen LogP contribution in [0.1, 0.15) is 15.9 Å². The van der Waals surface area contributed by atoms with Gasteiger partial charge < -0.3 is 15.3 Å². The Kier molecular flexibility index (Phi) is 4.33. The molecule has 0 spiro atoms. The van der Waals surface area contributed by atoms with Gasteiger partial charge in [-0.1, -0.05) is 12.0 Å². The average molecular weight is 246 g/mol. The van der Waals surface area contributed by atoms with Crippen molar-refractivity contribution in [3.63, 3.8) is 0 Å². The molecule has 1 rings (SSSR count). The zero-order valence-electron chi connectivity index (χ0n) is 10.2. The highest BCUT2D eigenvalue weighted by Gasteiger charge is 2.11. The van der Waals surface area contributed by atoms with E-state index in [1.165, 1.54) is 17.0 Å². The number of rotatable bonds is 3. The van der Waals surface area contributed by atoms with E-state index in [1.807, 2.05) is 0 Å². The van der Waals surface area contributed by atoms with Gasteiger partial charge in [0.15, 0.2) is 0 Å². The normalized spacial score (nSPS) is 9.39. The SMILES string of the molecule is C#CCN(C)C(=O)Nc1cc(C(=O)O)ccc1C. The fourth-order valence-electron chi connectivity index (χ4n) is 1.31. The predicted molar refractivity (Wildman–Crippen MR) is 68.6 cm³/mol. The summed E-state index contributed by atoms with van der Waals surface area (Å²) in [7, 11) is 1.56. The molecule has 18 heavy (non-hydrogen) atoms. The van der Waals surface area contributed by atoms with E-state index in [-0.39, 0.29) is 18.1 Å². The number of aryl methyl sites for hydroxylation is 1. The molecular weight excluding hydrogens is 232 g/mol. The Morgan fingerprint density at radius 2 is 2.17 bits per heavy atom. The summed E-state index contributed by atoms with van der Waals surface area (Å²) in [6.07, 6.45) is 5.10. The van der Waals surface area contributed by atoms with Gasteiger partial charge in [-0.2, -0.15) is 0 Å². The van der Waals surface area contributed by atoms with Gasteiger partial charge in [0, 0.05) is 12.7 Å². The Morgan fingerprint density at radius 3 is 2.72 bits per heavy atom. The van der Waals surface area contributed by atoms with Crippen LogP contribution in [0.3, 0.4) is 0 Å². The standard InChI is InChI=1S/C13H14N2O3/c1-4-7-15(3)13(18)14-11-8-10(12(16)17)6-5-9(11)2/h1,5-6,8H,7H2,2-3H3,(H,14,18)(H,16,17). The van der Waals surface area contributed by atoms with E-state index in [4.69, 9.17) is 11.5 Å². The third-order valence-electron chi connectivity index (χ3n) is 2.40. The maximum atomic E-state index is 11.7. The minimum absolute atomic E-state index is 0.121. The van der Waals surface area contributed by atoms with Crippen molar-refractivity contribution in [3.8, 4) is 12.3 Å². The van der Waals surface area contributed by atoms with Crippen LogP contribution >= 0.6 is 0 Å². The highest BCUT2D eigenvalue weighted by molar-refractivity contribution is 5.94. The number of carbonyl (C=O) groups excluding carboxylic acids is 1. The molecule has 0 atom stereocenters. The van der Waals surface area contributed by atoms with Crippen molar-refractivity contribution < 1.29 is 14.7 Å². The number of urea groups is 1. The zero-order valence-corrected chi connectivity index (χ0v) is 10.2. The van der Waals surface area contributed by atoms with Crippen LogP contribution in [-0.4, -0.2) is 35.6 Å². The van der Waals surface area contributed by atoms with Crippen LogP contribution in [0.25, 0.3) is 0 Å². The van der Waals surface area contributed by atoms with E-state index in [1.54, 1.807) is 20.0 Å². The summed E-state index contributed by atoms with van der Waals surface area (Å²) in [6.45, 7) is 1.96. The summed E-state index contributed by atoms with van der Waals surface area (Å²) in [4.78, 5) is 23.9. The Morgan fingerprint density at radius 1 is 1.50 bits per heavy atom. The van der Waals surface area contributed by atoms with E-state index in [0.717, 1.165) is 5.56 Å². The number of terminal acetylenes is 1. The van der Waals surface area contributed by atoms with Gasteiger partial charge in [-0.05, 0) is 24.6 Å². The van der Waals surface area contributed by atoms with Crippen molar-refractivity contribution >= 4 is 17.7 Å². The Bertz CT molecular complexity index is 517. The number of carboxylic acid groups (broad SMARTS) is 1. The van der Waals surface area contributed by atoms with Gasteiger partial charge in [-0.25, -0.2) is 9.59 Å². The first-order valence-corrected chi connectivity index (χ1v) is 5.25. The molecule has 0 unspecified atom stereocenters. The van der Waals surface area contributed by atoms with Gasteiger partial charge in [0.25, 0.3) is 0 Å². The summed E-state index contributed by atoms with van der Waals surface area (Å²) in [6, 6.07) is 4.16. The number of carbonyl (C=O) groups is 2. The molecule has 0 saturated heterocycles. The third-order valence-corrected chi connectivity index (χ3v) is 2.40. The molecule has 2 amide bonds. The van der Waals surface area contributed by atoms with Gasteiger partial charge >= 0.3 is 12.0 Å². The molecule has 1 aromatic carbocycles. The lowest BCUT2D eigenvalue weighted by atomic mass is 10.1. The topological polar surface area (TPSA) is 69.6 Å². The molecule has 5 heteroatoms. The lowest BCUT2D eigenvalue weighted by Crippen LogP contribution is -2.31. The van der Waals surface area contributed by atoms with Crippen LogP contribution in [0.2, 0.25) is 0 Å². The number of aromatic carboxylic acids is 1. The fourth-order valence-corrected chi connectivity index (χ4v) is 1.31. The number of amides is 2. The van der Waals surface area contributed by atoms with Crippen LogP contribution in [0.15, 0.2) is 18.2 Å². The second kappa shape index (κ2) is 5.73. The predicted octanol–water partition coefficient (Wildman–Crippen LogP) is 1.79. The second-order valence-corrected chi connectivity index (χ2v) is 3.83. The molecular formula is C13H14N2O3. The van der Waals surface area contributed by atoms with E-state index < -0.39 is 5.97 Å². The fraction of sp³-hybridized carbons (Fsp3) is 0.231. The summed E-state index contributed by atoms with van der Waals surface area (Å²) in [5.41, 5.74) is 1.36. The highest BCUT2D eigenvalue weighted by Crippen LogP contribution is 2.17. The first-order chi connectivity index (χ1) is 8.45. The van der Waals surface area contributed by atoms with Crippen molar-refractivity contribution in [1.29, 1.82) is 0 Å². The van der Waals surface area contributed by atoms with Crippen LogP contribution < -0.4 is 5.32 Å². The number of anilines is 1. The van der Waals surface area contributed by atoms with E-state index in [2.05, 4.69) is 11.2 Å². The Hall–Kier alpha value is -2.48. The van der Waals surface area contributed by atoms with Crippen molar-refractivity contribution in [2.75, 3.05) is 18.9 Å². The van der Waals surface area contributed by atoms with Crippen LogP contribution in [-0.2, 0) is 0 Å². The summed E-state index contributed by atoms with van der Waals surface area (Å²) >= 11 is 0. The van der Waals surface area contributed by atoms with Crippen molar-refractivity contribution in [2.24, 2.45) is 0 Å². The highest BCUT2D eigenvalue weighted by atomic mass is 16.4. The summed E-state index contributed by atoms with van der Waals surface area (Å²) in [5.74, 6) is 1.31. The molecule has 0 heterocycles. The van der Waals surface area contributed by atoms with Crippen molar-refractivity contribution in [2.45, 2.75) is 6.92 Å². The molecule has 0 aromatic heterocycles. The molecule has 0 radical (unpaired) electrons. The van der Waals surface area contributed by atoms with E-state index >= 15 is 0 Å². The molecule has 0 aliphatic carbocycles. The maximum Gasteiger partial charge on any atom is 0.335 e. The van der Waals surface area contributed by atoms with E-state index in [0.29, 0.717) is 5.69 Å². The number of hydrogen-bond donors (Lipinski definition) is 2. The summed E-state index contributed by atoms with van der Waals surface area (Å²) in [5, 5.41) is 11.5. The van der Waals surface area contributed by atoms with Gasteiger partial charge in [0.1, 0.15) is 0 Å². The minimum Gasteiger partial charge on any atom is -0.478 e. The molecule has 0 aliphatic heterocycles. The molecule has 0 bridgehead atoms. The largest absolute Gasteiger partial charge is 0.478 e. The molecule has 0 saturated carbocycles. The monoisotopic (exact) mass is 246 g/mol. The number of nitrogens with zero attached hydrogens (tertiary/aromatic N) is 1. The Labute approximate surface area is 105 Å². The first-order valence-electron chi connectivity index (χ1n) is 5.25. The lowest BCUT2D eigenvalue weighted by Gasteiger charge is -2.16. The molecule has 0 aliphatic rings. The van der Waals surface area contributed by atoms with Gasteiger partial charge in [-0.15, -0.1) is 6.42 Å². The molecule has 5 nitrogen and oxygen atoms in total. The molecule has 2 N–H and O–H groups in total. The van der Waals surface area contributed by atoms with Crippen LogP contribution in [0, 0.1) is 19.3 Å². The number of nitrogens with one attached hydrogen (secondary N) is 1. The van der Waals surface area contributed by atoms with E-state index in [9.17, 15) is 9.59 Å². The second-order valence-electron chi connectivity index (χ2n) is 3.83.